The third-order valence-electron chi connectivity index (χ3n) is 2.78. The van der Waals surface area contributed by atoms with E-state index in [1.54, 1.807) is 19.1 Å². The van der Waals surface area contributed by atoms with Gasteiger partial charge in [-0.05, 0) is 19.1 Å². The molecular formula is C15H16N2O6. The zero-order chi connectivity index (χ0) is 16.8. The highest BCUT2D eigenvalue weighted by atomic mass is 16.5. The third kappa shape index (κ3) is 3.79. The number of aromatic carboxylic acids is 1. The van der Waals surface area contributed by atoms with Crippen LogP contribution in [0.1, 0.15) is 17.3 Å². The van der Waals surface area contributed by atoms with E-state index in [9.17, 15) is 9.90 Å². The summed E-state index contributed by atoms with van der Waals surface area (Å²) < 4.78 is 20.9. The van der Waals surface area contributed by atoms with Crippen molar-refractivity contribution in [1.82, 2.24) is 9.97 Å². The van der Waals surface area contributed by atoms with Gasteiger partial charge in [0, 0.05) is 0 Å². The first-order chi connectivity index (χ1) is 11.1. The third-order valence-corrected chi connectivity index (χ3v) is 2.78. The fourth-order valence-corrected chi connectivity index (χ4v) is 1.82. The summed E-state index contributed by atoms with van der Waals surface area (Å²) in [7, 11) is 2.87. The molecule has 8 heteroatoms. The maximum Gasteiger partial charge on any atom is 0.343 e. The Hall–Kier alpha value is -3.03. The number of benzene rings is 1. The number of hydrogen-bond acceptors (Lipinski definition) is 7. The summed E-state index contributed by atoms with van der Waals surface area (Å²) in [6.45, 7) is 2.09. The van der Waals surface area contributed by atoms with Gasteiger partial charge >= 0.3 is 12.0 Å². The number of carboxylic acids is 1. The van der Waals surface area contributed by atoms with Crippen LogP contribution in [0.2, 0.25) is 0 Å². The second kappa shape index (κ2) is 7.30. The normalized spacial score (nSPS) is 10.0. The minimum absolute atomic E-state index is 0.0544. The van der Waals surface area contributed by atoms with Gasteiger partial charge in [-0.3, -0.25) is 0 Å². The molecule has 0 spiro atoms. The van der Waals surface area contributed by atoms with Crippen molar-refractivity contribution in [3.05, 3.63) is 29.8 Å². The minimum atomic E-state index is -1.18. The summed E-state index contributed by atoms with van der Waals surface area (Å²) in [6, 6.07) is 6.03. The van der Waals surface area contributed by atoms with Crippen molar-refractivity contribution in [2.75, 3.05) is 20.8 Å². The van der Waals surface area contributed by atoms with Gasteiger partial charge in [-0.1, -0.05) is 6.07 Å². The van der Waals surface area contributed by atoms with E-state index in [1.807, 2.05) is 0 Å². The number of ether oxygens (including phenoxy) is 4. The predicted molar refractivity (Wildman–Crippen MR) is 79.8 cm³/mol. The first-order valence-corrected chi connectivity index (χ1v) is 6.73. The zero-order valence-corrected chi connectivity index (χ0v) is 12.9. The molecule has 1 aromatic carbocycles. The Kier molecular flexibility index (Phi) is 5.19. The lowest BCUT2D eigenvalue weighted by Gasteiger charge is -2.12. The highest BCUT2D eigenvalue weighted by molar-refractivity contribution is 5.94. The molecule has 0 bridgehead atoms. The molecule has 0 saturated carbocycles. The fourth-order valence-electron chi connectivity index (χ4n) is 1.82. The van der Waals surface area contributed by atoms with E-state index in [4.69, 9.17) is 18.9 Å². The largest absolute Gasteiger partial charge is 0.493 e. The molecule has 8 nitrogen and oxygen atoms in total. The molecule has 0 aliphatic rings. The molecule has 1 N–H and O–H groups in total. The van der Waals surface area contributed by atoms with Crippen LogP contribution in [0.4, 0.5) is 0 Å². The molecule has 0 amide bonds. The molecule has 0 saturated heterocycles. The number of carboxylic acid groups (broad SMARTS) is 1. The molecule has 23 heavy (non-hydrogen) atoms. The van der Waals surface area contributed by atoms with Gasteiger partial charge in [0.15, 0.2) is 0 Å². The van der Waals surface area contributed by atoms with E-state index in [2.05, 4.69) is 9.97 Å². The SMILES string of the molecule is CCOc1cccc(Oc2nc(OC)cc(OC)n2)c1C(=O)O. The highest BCUT2D eigenvalue weighted by Gasteiger charge is 2.20. The molecule has 0 radical (unpaired) electrons. The molecule has 2 aromatic rings. The quantitative estimate of drug-likeness (QED) is 0.830. The van der Waals surface area contributed by atoms with Gasteiger partial charge < -0.3 is 24.1 Å². The van der Waals surface area contributed by atoms with Gasteiger partial charge in [-0.25, -0.2) is 4.79 Å². The Bertz CT molecular complexity index is 682. The van der Waals surface area contributed by atoms with Crippen molar-refractivity contribution in [3.8, 4) is 29.3 Å². The Labute approximate surface area is 132 Å². The van der Waals surface area contributed by atoms with E-state index in [-0.39, 0.29) is 34.8 Å². The molecular weight excluding hydrogens is 304 g/mol. The highest BCUT2D eigenvalue weighted by Crippen LogP contribution is 2.32. The average Bonchev–Trinajstić information content (AvgIpc) is 2.54. The van der Waals surface area contributed by atoms with Crippen LogP contribution < -0.4 is 18.9 Å². The minimum Gasteiger partial charge on any atom is -0.493 e. The van der Waals surface area contributed by atoms with Crippen LogP contribution in [-0.4, -0.2) is 41.9 Å². The first-order valence-electron chi connectivity index (χ1n) is 6.73. The van der Waals surface area contributed by atoms with Gasteiger partial charge in [0.1, 0.15) is 17.1 Å². The average molecular weight is 320 g/mol. The standard InChI is InChI=1S/C15H16N2O6/c1-4-22-9-6-5-7-10(13(9)14(18)19)23-15-16-11(20-2)8-12(17-15)21-3/h5-8H,4H2,1-3H3,(H,18,19). The number of aromatic nitrogens is 2. The van der Waals surface area contributed by atoms with Crippen molar-refractivity contribution in [2.45, 2.75) is 6.92 Å². The lowest BCUT2D eigenvalue weighted by molar-refractivity contribution is 0.0689. The van der Waals surface area contributed by atoms with E-state index >= 15 is 0 Å². The number of hydrogen-bond donors (Lipinski definition) is 1. The van der Waals surface area contributed by atoms with Crippen LogP contribution in [0.15, 0.2) is 24.3 Å². The summed E-state index contributed by atoms with van der Waals surface area (Å²) in [4.78, 5) is 19.5. The van der Waals surface area contributed by atoms with Gasteiger partial charge in [0.05, 0.1) is 26.9 Å². The van der Waals surface area contributed by atoms with Gasteiger partial charge in [-0.15, -0.1) is 0 Å². The van der Waals surface area contributed by atoms with Crippen molar-refractivity contribution in [1.29, 1.82) is 0 Å². The molecule has 1 aromatic heterocycles. The fraction of sp³-hybridized carbons (Fsp3) is 0.267. The van der Waals surface area contributed by atoms with Crippen molar-refractivity contribution < 1.29 is 28.8 Å². The molecule has 0 aliphatic heterocycles. The lowest BCUT2D eigenvalue weighted by atomic mass is 10.2. The van der Waals surface area contributed by atoms with Gasteiger partial charge in [0.25, 0.3) is 0 Å². The Morgan fingerprint density at radius 3 is 2.26 bits per heavy atom. The summed E-state index contributed by atoms with van der Waals surface area (Å²) in [5.41, 5.74) is -0.111. The summed E-state index contributed by atoms with van der Waals surface area (Å²) in [5, 5.41) is 9.40. The molecule has 1 heterocycles. The molecule has 0 atom stereocenters. The number of carbonyl (C=O) groups is 1. The number of methoxy groups -OCH3 is 2. The van der Waals surface area contributed by atoms with E-state index in [0.29, 0.717) is 6.61 Å². The summed E-state index contributed by atoms with van der Waals surface area (Å²) in [6.07, 6.45) is 0. The predicted octanol–water partition coefficient (Wildman–Crippen LogP) is 2.38. The summed E-state index contributed by atoms with van der Waals surface area (Å²) >= 11 is 0. The second-order valence-corrected chi connectivity index (χ2v) is 4.20. The molecule has 0 unspecified atom stereocenters. The molecule has 122 valence electrons. The van der Waals surface area contributed by atoms with Crippen molar-refractivity contribution in [2.24, 2.45) is 0 Å². The van der Waals surface area contributed by atoms with E-state index in [1.165, 1.54) is 26.4 Å². The van der Waals surface area contributed by atoms with Crippen LogP contribution in [-0.2, 0) is 0 Å². The van der Waals surface area contributed by atoms with Crippen LogP contribution >= 0.6 is 0 Å². The molecule has 0 fully saturated rings. The Balaban J connectivity index is 2.43. The number of nitrogens with zero attached hydrogens (tertiary/aromatic N) is 2. The lowest BCUT2D eigenvalue weighted by Crippen LogP contribution is -2.06. The van der Waals surface area contributed by atoms with Crippen LogP contribution in [0.25, 0.3) is 0 Å². The molecule has 0 aliphatic carbocycles. The maximum absolute atomic E-state index is 11.5. The second-order valence-electron chi connectivity index (χ2n) is 4.20. The van der Waals surface area contributed by atoms with E-state index in [0.717, 1.165) is 0 Å². The first kappa shape index (κ1) is 16.3. The zero-order valence-electron chi connectivity index (χ0n) is 12.9. The Morgan fingerprint density at radius 1 is 1.13 bits per heavy atom. The van der Waals surface area contributed by atoms with Crippen molar-refractivity contribution in [3.63, 3.8) is 0 Å². The summed E-state index contributed by atoms with van der Waals surface area (Å²) in [5.74, 6) is -0.473. The number of rotatable bonds is 7. The monoisotopic (exact) mass is 320 g/mol. The van der Waals surface area contributed by atoms with E-state index < -0.39 is 5.97 Å². The van der Waals surface area contributed by atoms with Crippen LogP contribution in [0, 0.1) is 0 Å². The van der Waals surface area contributed by atoms with Gasteiger partial charge in [0.2, 0.25) is 11.8 Å². The molecule has 2 rings (SSSR count). The maximum atomic E-state index is 11.5. The van der Waals surface area contributed by atoms with Crippen LogP contribution in [0.3, 0.4) is 0 Å². The van der Waals surface area contributed by atoms with Gasteiger partial charge in [-0.2, -0.15) is 9.97 Å². The Morgan fingerprint density at radius 2 is 1.74 bits per heavy atom. The topological polar surface area (TPSA) is 100 Å². The smallest absolute Gasteiger partial charge is 0.343 e. The van der Waals surface area contributed by atoms with Crippen LogP contribution in [0.5, 0.6) is 29.3 Å². The van der Waals surface area contributed by atoms with Crippen molar-refractivity contribution >= 4 is 5.97 Å².